The molecule has 0 amide bonds. The Morgan fingerprint density at radius 1 is 1.12 bits per heavy atom. The second kappa shape index (κ2) is 6.75. The lowest BCUT2D eigenvalue weighted by Crippen LogP contribution is -2.46. The van der Waals surface area contributed by atoms with E-state index in [4.69, 9.17) is 0 Å². The predicted molar refractivity (Wildman–Crippen MR) is 74.3 cm³/mol. The number of nitrogens with one attached hydrogen (secondary N) is 1. The summed E-state index contributed by atoms with van der Waals surface area (Å²) in [6.45, 7) is 8.63. The van der Waals surface area contributed by atoms with Crippen molar-refractivity contribution in [2.24, 2.45) is 5.92 Å². The first-order valence-electron chi connectivity index (χ1n) is 7.78. The van der Waals surface area contributed by atoms with Gasteiger partial charge in [-0.3, -0.25) is 0 Å². The van der Waals surface area contributed by atoms with Crippen LogP contribution < -0.4 is 5.32 Å². The van der Waals surface area contributed by atoms with E-state index in [1.807, 2.05) is 0 Å². The molecule has 2 nitrogen and oxygen atoms in total. The molecule has 1 saturated carbocycles. The summed E-state index contributed by atoms with van der Waals surface area (Å²) in [5, 5.41) is 3.89. The normalized spacial score (nSPS) is 32.8. The average molecular weight is 238 g/mol. The fourth-order valence-electron chi connectivity index (χ4n) is 3.69. The van der Waals surface area contributed by atoms with Crippen molar-refractivity contribution in [2.75, 3.05) is 19.6 Å². The first-order chi connectivity index (χ1) is 8.29. The molecule has 1 N–H and O–H groups in total. The molecule has 1 aliphatic carbocycles. The van der Waals surface area contributed by atoms with Gasteiger partial charge in [-0.05, 0) is 51.6 Å². The number of hydrogen-bond acceptors (Lipinski definition) is 2. The van der Waals surface area contributed by atoms with Crippen LogP contribution in [0.1, 0.15) is 58.8 Å². The van der Waals surface area contributed by atoms with Crippen molar-refractivity contribution in [3.63, 3.8) is 0 Å². The van der Waals surface area contributed by atoms with Crippen molar-refractivity contribution in [3.8, 4) is 0 Å². The van der Waals surface area contributed by atoms with Crippen LogP contribution in [0.3, 0.4) is 0 Å². The van der Waals surface area contributed by atoms with Crippen molar-refractivity contribution >= 4 is 0 Å². The van der Waals surface area contributed by atoms with Crippen molar-refractivity contribution in [1.82, 2.24) is 10.2 Å². The first-order valence-corrected chi connectivity index (χ1v) is 7.78. The molecule has 0 radical (unpaired) electrons. The lowest BCUT2D eigenvalue weighted by molar-refractivity contribution is 0.199. The molecule has 0 aromatic heterocycles. The Hall–Kier alpha value is -0.0800. The summed E-state index contributed by atoms with van der Waals surface area (Å²) in [6.07, 6.45) is 9.91. The van der Waals surface area contributed by atoms with Crippen LogP contribution in [0, 0.1) is 5.92 Å². The molecule has 3 unspecified atom stereocenters. The number of piperidine rings is 1. The summed E-state index contributed by atoms with van der Waals surface area (Å²) in [7, 11) is 0. The van der Waals surface area contributed by atoms with Crippen molar-refractivity contribution in [3.05, 3.63) is 0 Å². The maximum absolute atomic E-state index is 3.89. The molecule has 17 heavy (non-hydrogen) atoms. The van der Waals surface area contributed by atoms with E-state index in [9.17, 15) is 0 Å². The molecule has 0 spiro atoms. The summed E-state index contributed by atoms with van der Waals surface area (Å²) in [5.41, 5.74) is 0. The molecular weight excluding hydrogens is 208 g/mol. The summed E-state index contributed by atoms with van der Waals surface area (Å²) in [5.74, 6) is 0.943. The van der Waals surface area contributed by atoms with Crippen LogP contribution >= 0.6 is 0 Å². The van der Waals surface area contributed by atoms with Gasteiger partial charge in [0.15, 0.2) is 0 Å². The van der Waals surface area contributed by atoms with Crippen LogP contribution in [-0.4, -0.2) is 36.6 Å². The third kappa shape index (κ3) is 3.96. The van der Waals surface area contributed by atoms with E-state index in [0.29, 0.717) is 6.04 Å². The van der Waals surface area contributed by atoms with E-state index < -0.39 is 0 Å². The third-order valence-corrected chi connectivity index (χ3v) is 4.66. The third-order valence-electron chi connectivity index (χ3n) is 4.66. The minimum Gasteiger partial charge on any atom is -0.310 e. The second-order valence-corrected chi connectivity index (χ2v) is 6.13. The molecule has 2 aliphatic rings. The molecular formula is C15H30N2. The molecule has 2 heteroatoms. The van der Waals surface area contributed by atoms with Gasteiger partial charge < -0.3 is 10.2 Å². The van der Waals surface area contributed by atoms with Crippen molar-refractivity contribution in [1.29, 1.82) is 0 Å². The molecule has 3 atom stereocenters. The van der Waals surface area contributed by atoms with E-state index in [1.54, 1.807) is 0 Å². The fourth-order valence-corrected chi connectivity index (χ4v) is 3.69. The quantitative estimate of drug-likeness (QED) is 0.792. The van der Waals surface area contributed by atoms with Gasteiger partial charge in [-0.1, -0.05) is 26.2 Å². The summed E-state index contributed by atoms with van der Waals surface area (Å²) < 4.78 is 0. The number of likely N-dealkylation sites (tertiary alicyclic amines) is 1. The first kappa shape index (κ1) is 13.4. The summed E-state index contributed by atoms with van der Waals surface area (Å²) in [4.78, 5) is 2.65. The zero-order valence-corrected chi connectivity index (χ0v) is 11.8. The molecule has 0 aromatic rings. The van der Waals surface area contributed by atoms with Gasteiger partial charge >= 0.3 is 0 Å². The van der Waals surface area contributed by atoms with E-state index in [2.05, 4.69) is 24.1 Å². The minimum atomic E-state index is 0.672. The van der Waals surface area contributed by atoms with Gasteiger partial charge in [0.1, 0.15) is 0 Å². The largest absolute Gasteiger partial charge is 0.310 e. The lowest BCUT2D eigenvalue weighted by atomic mass is 10.00. The van der Waals surface area contributed by atoms with Gasteiger partial charge in [0.05, 0.1) is 0 Å². The minimum absolute atomic E-state index is 0.672. The predicted octanol–water partition coefficient (Wildman–Crippen LogP) is 3.03. The Morgan fingerprint density at radius 3 is 2.59 bits per heavy atom. The van der Waals surface area contributed by atoms with Crippen LogP contribution in [0.4, 0.5) is 0 Å². The van der Waals surface area contributed by atoms with Gasteiger partial charge in [0, 0.05) is 18.6 Å². The highest BCUT2D eigenvalue weighted by Gasteiger charge is 2.27. The Balaban J connectivity index is 1.70. The van der Waals surface area contributed by atoms with Crippen LogP contribution in [0.15, 0.2) is 0 Å². The number of rotatable bonds is 5. The van der Waals surface area contributed by atoms with Gasteiger partial charge in [0.2, 0.25) is 0 Å². The standard InChI is InChI=1S/C15H30N2/c1-3-14-8-7-9-15(14)16-13(2)12-17-10-5-4-6-11-17/h13-16H,3-12H2,1-2H3. The number of nitrogens with zero attached hydrogens (tertiary/aromatic N) is 1. The Labute approximate surface area is 107 Å². The zero-order chi connectivity index (χ0) is 12.1. The van der Waals surface area contributed by atoms with E-state index in [-0.39, 0.29) is 0 Å². The molecule has 0 bridgehead atoms. The highest BCUT2D eigenvalue weighted by molar-refractivity contribution is 4.85. The Kier molecular flexibility index (Phi) is 5.30. The maximum Gasteiger partial charge on any atom is 0.0169 e. The van der Waals surface area contributed by atoms with Crippen LogP contribution in [0.2, 0.25) is 0 Å². The van der Waals surface area contributed by atoms with Gasteiger partial charge in [-0.25, -0.2) is 0 Å². The van der Waals surface area contributed by atoms with Gasteiger partial charge in [-0.2, -0.15) is 0 Å². The Morgan fingerprint density at radius 2 is 1.88 bits per heavy atom. The highest BCUT2D eigenvalue weighted by atomic mass is 15.2. The number of hydrogen-bond donors (Lipinski definition) is 1. The molecule has 0 aromatic carbocycles. The van der Waals surface area contributed by atoms with Crippen molar-refractivity contribution in [2.45, 2.75) is 70.9 Å². The monoisotopic (exact) mass is 238 g/mol. The van der Waals surface area contributed by atoms with Crippen LogP contribution in [0.25, 0.3) is 0 Å². The molecule has 2 fully saturated rings. The van der Waals surface area contributed by atoms with Gasteiger partial charge in [0.25, 0.3) is 0 Å². The smallest absolute Gasteiger partial charge is 0.0169 e. The zero-order valence-electron chi connectivity index (χ0n) is 11.8. The maximum atomic E-state index is 3.89. The molecule has 1 saturated heterocycles. The summed E-state index contributed by atoms with van der Waals surface area (Å²) >= 11 is 0. The Bertz CT molecular complexity index is 211. The average Bonchev–Trinajstić information content (AvgIpc) is 2.77. The topological polar surface area (TPSA) is 15.3 Å². The highest BCUT2D eigenvalue weighted by Crippen LogP contribution is 2.28. The molecule has 100 valence electrons. The van der Waals surface area contributed by atoms with Gasteiger partial charge in [-0.15, -0.1) is 0 Å². The SMILES string of the molecule is CCC1CCCC1NC(C)CN1CCCCC1. The van der Waals surface area contributed by atoms with Crippen LogP contribution in [-0.2, 0) is 0 Å². The van der Waals surface area contributed by atoms with Crippen LogP contribution in [0.5, 0.6) is 0 Å². The van der Waals surface area contributed by atoms with E-state index in [1.165, 1.54) is 64.6 Å². The van der Waals surface area contributed by atoms with E-state index >= 15 is 0 Å². The molecule has 1 aliphatic heterocycles. The molecule has 2 rings (SSSR count). The second-order valence-electron chi connectivity index (χ2n) is 6.13. The van der Waals surface area contributed by atoms with Crippen molar-refractivity contribution < 1.29 is 0 Å². The fraction of sp³-hybridized carbons (Fsp3) is 1.00. The van der Waals surface area contributed by atoms with E-state index in [0.717, 1.165) is 12.0 Å². The summed E-state index contributed by atoms with van der Waals surface area (Å²) in [6, 6.07) is 1.48. The molecule has 1 heterocycles. The lowest BCUT2D eigenvalue weighted by Gasteiger charge is -2.31.